The maximum atomic E-state index is 9.37. The van der Waals surface area contributed by atoms with Crippen LogP contribution in [-0.4, -0.2) is 4.98 Å². The van der Waals surface area contributed by atoms with E-state index in [0.717, 1.165) is 11.3 Å². The lowest BCUT2D eigenvalue weighted by Gasteiger charge is -2.24. The number of nitriles is 1. The summed E-state index contributed by atoms with van der Waals surface area (Å²) in [7, 11) is 0. The summed E-state index contributed by atoms with van der Waals surface area (Å²) in [4.78, 5) is 3.96. The van der Waals surface area contributed by atoms with Gasteiger partial charge >= 0.3 is 0 Å². The van der Waals surface area contributed by atoms with Gasteiger partial charge in [-0.3, -0.25) is 4.98 Å². The maximum absolute atomic E-state index is 9.37. The zero-order chi connectivity index (χ0) is 12.1. The standard InChI is InChI=1S/C14H13N3/c1-14(11-15,12-7-9-16-10-8-12)17-13-5-3-2-4-6-13/h2-10,17H,1H3. The fourth-order valence-corrected chi connectivity index (χ4v) is 1.66. The lowest BCUT2D eigenvalue weighted by atomic mass is 9.94. The molecule has 1 aromatic carbocycles. The average Bonchev–Trinajstić information content (AvgIpc) is 2.41. The molecule has 0 fully saturated rings. The second-order valence-corrected chi connectivity index (χ2v) is 3.96. The van der Waals surface area contributed by atoms with Crippen molar-refractivity contribution in [3.8, 4) is 6.07 Å². The molecule has 3 nitrogen and oxygen atoms in total. The third-order valence-electron chi connectivity index (χ3n) is 2.65. The van der Waals surface area contributed by atoms with Gasteiger partial charge in [-0.25, -0.2) is 0 Å². The normalized spacial score (nSPS) is 13.4. The Hall–Kier alpha value is -2.34. The monoisotopic (exact) mass is 223 g/mol. The van der Waals surface area contributed by atoms with Crippen LogP contribution in [0.4, 0.5) is 5.69 Å². The van der Waals surface area contributed by atoms with E-state index in [-0.39, 0.29) is 0 Å². The number of rotatable bonds is 3. The molecule has 84 valence electrons. The second kappa shape index (κ2) is 4.67. The minimum absolute atomic E-state index is 0.746. The van der Waals surface area contributed by atoms with Crippen molar-refractivity contribution in [1.82, 2.24) is 4.98 Å². The molecule has 0 saturated carbocycles. The Morgan fingerprint density at radius 2 is 1.76 bits per heavy atom. The number of hydrogen-bond acceptors (Lipinski definition) is 3. The molecule has 0 spiro atoms. The van der Waals surface area contributed by atoms with Crippen LogP contribution < -0.4 is 5.32 Å². The summed E-state index contributed by atoms with van der Waals surface area (Å²) in [5.74, 6) is 0. The third kappa shape index (κ3) is 2.43. The summed E-state index contributed by atoms with van der Waals surface area (Å²) in [6.45, 7) is 1.86. The summed E-state index contributed by atoms with van der Waals surface area (Å²) < 4.78 is 0. The molecular formula is C14H13N3. The molecule has 0 aliphatic carbocycles. The molecule has 17 heavy (non-hydrogen) atoms. The number of hydrogen-bond donors (Lipinski definition) is 1. The van der Waals surface area contributed by atoms with Gasteiger partial charge in [-0.2, -0.15) is 5.26 Å². The molecule has 1 heterocycles. The van der Waals surface area contributed by atoms with Gasteiger partial charge in [0.25, 0.3) is 0 Å². The molecule has 0 saturated heterocycles. The van der Waals surface area contributed by atoms with Gasteiger partial charge in [-0.1, -0.05) is 18.2 Å². The second-order valence-electron chi connectivity index (χ2n) is 3.96. The lowest BCUT2D eigenvalue weighted by Crippen LogP contribution is -2.29. The number of nitrogens with zero attached hydrogens (tertiary/aromatic N) is 2. The van der Waals surface area contributed by atoms with E-state index in [1.54, 1.807) is 12.4 Å². The first-order chi connectivity index (χ1) is 8.24. The van der Waals surface area contributed by atoms with Gasteiger partial charge in [0, 0.05) is 18.1 Å². The molecule has 0 aliphatic rings. The van der Waals surface area contributed by atoms with Crippen LogP contribution in [0.3, 0.4) is 0 Å². The van der Waals surface area contributed by atoms with Gasteiger partial charge in [-0.05, 0) is 36.8 Å². The molecule has 1 N–H and O–H groups in total. The van der Waals surface area contributed by atoms with Crippen molar-refractivity contribution < 1.29 is 0 Å². The van der Waals surface area contributed by atoms with Gasteiger partial charge < -0.3 is 5.32 Å². The largest absolute Gasteiger partial charge is 0.364 e. The van der Waals surface area contributed by atoms with Crippen molar-refractivity contribution in [2.24, 2.45) is 0 Å². The first-order valence-electron chi connectivity index (χ1n) is 5.39. The molecule has 1 unspecified atom stereocenters. The zero-order valence-corrected chi connectivity index (χ0v) is 9.59. The van der Waals surface area contributed by atoms with E-state index in [9.17, 15) is 5.26 Å². The predicted molar refractivity (Wildman–Crippen MR) is 67.3 cm³/mol. The summed E-state index contributed by atoms with van der Waals surface area (Å²) in [5.41, 5.74) is 1.08. The summed E-state index contributed by atoms with van der Waals surface area (Å²) in [6, 6.07) is 15.7. The molecule has 1 aromatic heterocycles. The Kier molecular flexibility index (Phi) is 3.06. The number of nitrogens with one attached hydrogen (secondary N) is 1. The molecule has 2 aromatic rings. The van der Waals surface area contributed by atoms with Crippen LogP contribution in [-0.2, 0) is 5.54 Å². The van der Waals surface area contributed by atoms with E-state index >= 15 is 0 Å². The number of anilines is 1. The van der Waals surface area contributed by atoms with Crippen LogP contribution in [0.2, 0.25) is 0 Å². The van der Waals surface area contributed by atoms with Gasteiger partial charge in [0.15, 0.2) is 0 Å². The highest BCUT2D eigenvalue weighted by Gasteiger charge is 2.25. The highest BCUT2D eigenvalue weighted by atomic mass is 15.0. The molecule has 0 amide bonds. The summed E-state index contributed by atoms with van der Waals surface area (Å²) >= 11 is 0. The Morgan fingerprint density at radius 1 is 1.12 bits per heavy atom. The first kappa shape index (κ1) is 11.2. The topological polar surface area (TPSA) is 48.7 Å². The first-order valence-corrected chi connectivity index (χ1v) is 5.39. The molecule has 0 bridgehead atoms. The highest BCUT2D eigenvalue weighted by Crippen LogP contribution is 2.24. The smallest absolute Gasteiger partial charge is 0.148 e. The van der Waals surface area contributed by atoms with Crippen LogP contribution in [0.1, 0.15) is 12.5 Å². The fraction of sp³-hybridized carbons (Fsp3) is 0.143. The maximum Gasteiger partial charge on any atom is 0.148 e. The summed E-state index contributed by atoms with van der Waals surface area (Å²) in [6.07, 6.45) is 3.38. The van der Waals surface area contributed by atoms with Crippen LogP contribution in [0.15, 0.2) is 54.9 Å². The van der Waals surface area contributed by atoms with Crippen molar-refractivity contribution in [1.29, 1.82) is 5.26 Å². The average molecular weight is 223 g/mol. The Balaban J connectivity index is 2.31. The minimum Gasteiger partial charge on any atom is -0.364 e. The highest BCUT2D eigenvalue weighted by molar-refractivity contribution is 5.50. The number of benzene rings is 1. The zero-order valence-electron chi connectivity index (χ0n) is 9.59. The van der Waals surface area contributed by atoms with Crippen molar-refractivity contribution >= 4 is 5.69 Å². The van der Waals surface area contributed by atoms with E-state index in [0.29, 0.717) is 0 Å². The van der Waals surface area contributed by atoms with E-state index in [2.05, 4.69) is 16.4 Å². The van der Waals surface area contributed by atoms with Crippen molar-refractivity contribution in [2.75, 3.05) is 5.32 Å². The van der Waals surface area contributed by atoms with Gasteiger partial charge in [0.2, 0.25) is 0 Å². The van der Waals surface area contributed by atoms with Gasteiger partial charge in [0.05, 0.1) is 6.07 Å². The molecule has 0 radical (unpaired) electrons. The Morgan fingerprint density at radius 3 is 2.35 bits per heavy atom. The minimum atomic E-state index is -0.746. The Bertz CT molecular complexity index is 516. The molecular weight excluding hydrogens is 210 g/mol. The van der Waals surface area contributed by atoms with Crippen LogP contribution in [0.5, 0.6) is 0 Å². The molecule has 2 rings (SSSR count). The number of para-hydroxylation sites is 1. The lowest BCUT2D eigenvalue weighted by molar-refractivity contribution is 0.705. The predicted octanol–water partition coefficient (Wildman–Crippen LogP) is 2.93. The van der Waals surface area contributed by atoms with E-state index in [4.69, 9.17) is 0 Å². The summed E-state index contributed by atoms with van der Waals surface area (Å²) in [5, 5.41) is 12.6. The van der Waals surface area contributed by atoms with Crippen LogP contribution in [0, 0.1) is 11.3 Å². The molecule has 3 heteroatoms. The number of aromatic nitrogens is 1. The van der Waals surface area contributed by atoms with E-state index < -0.39 is 5.54 Å². The number of pyridine rings is 1. The SMILES string of the molecule is CC(C#N)(Nc1ccccc1)c1ccncc1. The van der Waals surface area contributed by atoms with Crippen molar-refractivity contribution in [3.63, 3.8) is 0 Å². The van der Waals surface area contributed by atoms with E-state index in [1.165, 1.54) is 0 Å². The van der Waals surface area contributed by atoms with Crippen LogP contribution >= 0.6 is 0 Å². The molecule has 1 atom stereocenters. The van der Waals surface area contributed by atoms with Crippen molar-refractivity contribution in [2.45, 2.75) is 12.5 Å². The third-order valence-corrected chi connectivity index (χ3v) is 2.65. The Labute approximate surface area is 101 Å². The van der Waals surface area contributed by atoms with Crippen molar-refractivity contribution in [3.05, 3.63) is 60.4 Å². The van der Waals surface area contributed by atoms with E-state index in [1.807, 2.05) is 49.4 Å². The quantitative estimate of drug-likeness (QED) is 0.870. The van der Waals surface area contributed by atoms with Crippen LogP contribution in [0.25, 0.3) is 0 Å². The van der Waals surface area contributed by atoms with Gasteiger partial charge in [-0.15, -0.1) is 0 Å². The molecule has 0 aliphatic heterocycles. The van der Waals surface area contributed by atoms with Gasteiger partial charge in [0.1, 0.15) is 5.54 Å². The fourth-order valence-electron chi connectivity index (χ4n) is 1.66.